The number of carbonyl (C=O) groups excluding carboxylic acids is 1. The SMILES string of the molecule is O=C(Cc1ccc(-c2ccccc2)cc1)N1CCSC(c2ccccc2Cl)CC1. The minimum Gasteiger partial charge on any atom is -0.342 e. The van der Waals surface area contributed by atoms with Crippen LogP contribution in [0.25, 0.3) is 11.1 Å². The highest BCUT2D eigenvalue weighted by molar-refractivity contribution is 7.99. The van der Waals surface area contributed by atoms with E-state index < -0.39 is 0 Å². The van der Waals surface area contributed by atoms with E-state index in [-0.39, 0.29) is 5.91 Å². The van der Waals surface area contributed by atoms with Crippen molar-refractivity contribution in [3.63, 3.8) is 0 Å². The van der Waals surface area contributed by atoms with Gasteiger partial charge in [0.05, 0.1) is 6.42 Å². The summed E-state index contributed by atoms with van der Waals surface area (Å²) in [5, 5.41) is 1.18. The number of amides is 1. The van der Waals surface area contributed by atoms with Crippen molar-refractivity contribution in [2.24, 2.45) is 0 Å². The lowest BCUT2D eigenvalue weighted by atomic mass is 10.0. The molecule has 148 valence electrons. The highest BCUT2D eigenvalue weighted by atomic mass is 35.5. The first-order chi connectivity index (χ1) is 14.2. The van der Waals surface area contributed by atoms with Crippen LogP contribution in [-0.4, -0.2) is 29.6 Å². The molecule has 1 aliphatic heterocycles. The van der Waals surface area contributed by atoms with E-state index in [1.54, 1.807) is 0 Å². The molecule has 0 radical (unpaired) electrons. The molecule has 0 bridgehead atoms. The molecule has 0 spiro atoms. The van der Waals surface area contributed by atoms with Crippen molar-refractivity contribution in [2.75, 3.05) is 18.8 Å². The van der Waals surface area contributed by atoms with E-state index in [0.717, 1.165) is 35.8 Å². The summed E-state index contributed by atoms with van der Waals surface area (Å²) in [7, 11) is 0. The number of rotatable bonds is 4. The second kappa shape index (κ2) is 9.51. The van der Waals surface area contributed by atoms with Crippen LogP contribution < -0.4 is 0 Å². The molecule has 0 saturated carbocycles. The van der Waals surface area contributed by atoms with E-state index in [9.17, 15) is 4.79 Å². The third-order valence-electron chi connectivity index (χ3n) is 5.36. The summed E-state index contributed by atoms with van der Waals surface area (Å²) in [6.07, 6.45) is 1.39. The standard InChI is InChI=1S/C25H24ClNOS/c26-23-9-5-4-8-22(23)24-14-15-27(16-17-29-24)25(28)18-19-10-12-21(13-11-19)20-6-2-1-3-7-20/h1-13,24H,14-18H2. The summed E-state index contributed by atoms with van der Waals surface area (Å²) >= 11 is 8.28. The molecule has 0 N–H and O–H groups in total. The Bertz CT molecular complexity index is 958. The second-order valence-corrected chi connectivity index (χ2v) is 9.01. The van der Waals surface area contributed by atoms with Crippen LogP contribution in [-0.2, 0) is 11.2 Å². The van der Waals surface area contributed by atoms with Gasteiger partial charge < -0.3 is 4.90 Å². The van der Waals surface area contributed by atoms with Crippen molar-refractivity contribution >= 4 is 29.3 Å². The Balaban J connectivity index is 1.37. The Morgan fingerprint density at radius 3 is 2.34 bits per heavy atom. The summed E-state index contributed by atoms with van der Waals surface area (Å²) in [5.74, 6) is 1.15. The monoisotopic (exact) mass is 421 g/mol. The molecule has 1 fully saturated rings. The topological polar surface area (TPSA) is 20.3 Å². The van der Waals surface area contributed by atoms with Crippen LogP contribution >= 0.6 is 23.4 Å². The molecule has 4 heteroatoms. The zero-order valence-electron chi connectivity index (χ0n) is 16.3. The number of hydrogen-bond donors (Lipinski definition) is 0. The largest absolute Gasteiger partial charge is 0.342 e. The molecular formula is C25H24ClNOS. The average Bonchev–Trinajstić information content (AvgIpc) is 3.02. The summed E-state index contributed by atoms with van der Waals surface area (Å²) in [5.41, 5.74) is 4.62. The van der Waals surface area contributed by atoms with Gasteiger partial charge in [0, 0.05) is 29.1 Å². The van der Waals surface area contributed by atoms with Crippen LogP contribution in [0.2, 0.25) is 5.02 Å². The van der Waals surface area contributed by atoms with Gasteiger partial charge >= 0.3 is 0 Å². The van der Waals surface area contributed by atoms with E-state index in [0.29, 0.717) is 11.7 Å². The third kappa shape index (κ3) is 5.04. The van der Waals surface area contributed by atoms with E-state index in [1.807, 2.05) is 53.1 Å². The summed E-state index contributed by atoms with van der Waals surface area (Å²) in [6.45, 7) is 1.58. The molecule has 1 saturated heterocycles. The Morgan fingerprint density at radius 2 is 1.59 bits per heavy atom. The van der Waals surface area contributed by atoms with Gasteiger partial charge in [0.15, 0.2) is 0 Å². The maximum Gasteiger partial charge on any atom is 0.227 e. The van der Waals surface area contributed by atoms with Gasteiger partial charge in [-0.2, -0.15) is 11.8 Å². The predicted octanol–water partition coefficient (Wildman–Crippen LogP) is 6.26. The fourth-order valence-electron chi connectivity index (χ4n) is 3.74. The Labute approximate surface area is 181 Å². The summed E-state index contributed by atoms with van der Waals surface area (Å²) in [4.78, 5) is 14.9. The van der Waals surface area contributed by atoms with Gasteiger partial charge in [0.2, 0.25) is 5.91 Å². The van der Waals surface area contributed by atoms with Crippen molar-refractivity contribution < 1.29 is 4.79 Å². The molecule has 4 rings (SSSR count). The van der Waals surface area contributed by atoms with Crippen molar-refractivity contribution in [3.8, 4) is 11.1 Å². The molecular weight excluding hydrogens is 398 g/mol. The van der Waals surface area contributed by atoms with Crippen LogP contribution in [0, 0.1) is 0 Å². The lowest BCUT2D eigenvalue weighted by Crippen LogP contribution is -2.34. The first-order valence-electron chi connectivity index (χ1n) is 9.99. The lowest BCUT2D eigenvalue weighted by molar-refractivity contribution is -0.130. The van der Waals surface area contributed by atoms with Crippen LogP contribution in [0.5, 0.6) is 0 Å². The zero-order valence-corrected chi connectivity index (χ0v) is 17.8. The number of hydrogen-bond acceptors (Lipinski definition) is 2. The first kappa shape index (κ1) is 20.1. The van der Waals surface area contributed by atoms with E-state index in [2.05, 4.69) is 42.5 Å². The number of nitrogens with zero attached hydrogens (tertiary/aromatic N) is 1. The second-order valence-electron chi connectivity index (χ2n) is 7.29. The molecule has 29 heavy (non-hydrogen) atoms. The van der Waals surface area contributed by atoms with Gasteiger partial charge in [0.1, 0.15) is 0 Å². The van der Waals surface area contributed by atoms with Crippen LogP contribution in [0.15, 0.2) is 78.9 Å². The average molecular weight is 422 g/mol. The van der Waals surface area contributed by atoms with E-state index in [4.69, 9.17) is 11.6 Å². The molecule has 0 aromatic heterocycles. The predicted molar refractivity (Wildman–Crippen MR) is 123 cm³/mol. The fourth-order valence-corrected chi connectivity index (χ4v) is 5.34. The number of benzene rings is 3. The molecule has 2 nitrogen and oxygen atoms in total. The molecule has 1 aliphatic rings. The molecule has 0 aliphatic carbocycles. The van der Waals surface area contributed by atoms with Crippen molar-refractivity contribution in [1.29, 1.82) is 0 Å². The maximum absolute atomic E-state index is 12.9. The van der Waals surface area contributed by atoms with E-state index >= 15 is 0 Å². The van der Waals surface area contributed by atoms with Gasteiger partial charge in [-0.3, -0.25) is 4.79 Å². The molecule has 1 unspecified atom stereocenters. The third-order valence-corrected chi connectivity index (χ3v) is 7.02. The minimum absolute atomic E-state index is 0.206. The highest BCUT2D eigenvalue weighted by Gasteiger charge is 2.23. The van der Waals surface area contributed by atoms with Gasteiger partial charge in [-0.25, -0.2) is 0 Å². The molecule has 3 aromatic rings. The lowest BCUT2D eigenvalue weighted by Gasteiger charge is -2.20. The maximum atomic E-state index is 12.9. The van der Waals surface area contributed by atoms with Crippen molar-refractivity contribution in [2.45, 2.75) is 18.1 Å². The molecule has 3 aromatic carbocycles. The zero-order chi connectivity index (χ0) is 20.1. The summed E-state index contributed by atoms with van der Waals surface area (Å²) < 4.78 is 0. The number of halogens is 1. The Hall–Kier alpha value is -2.23. The van der Waals surface area contributed by atoms with Gasteiger partial charge in [-0.05, 0) is 34.7 Å². The molecule has 1 atom stereocenters. The van der Waals surface area contributed by atoms with Crippen LogP contribution in [0.3, 0.4) is 0 Å². The summed E-state index contributed by atoms with van der Waals surface area (Å²) in [6, 6.07) is 26.7. The van der Waals surface area contributed by atoms with Crippen LogP contribution in [0.1, 0.15) is 22.8 Å². The van der Waals surface area contributed by atoms with Gasteiger partial charge in [-0.15, -0.1) is 0 Å². The quantitative estimate of drug-likeness (QED) is 0.495. The first-order valence-corrected chi connectivity index (χ1v) is 11.4. The van der Waals surface area contributed by atoms with E-state index in [1.165, 1.54) is 16.7 Å². The molecule has 1 heterocycles. The molecule has 1 amide bonds. The number of carbonyl (C=O) groups is 1. The Kier molecular flexibility index (Phi) is 6.58. The normalized spacial score (nSPS) is 17.0. The highest BCUT2D eigenvalue weighted by Crippen LogP contribution is 2.37. The van der Waals surface area contributed by atoms with Crippen molar-refractivity contribution in [1.82, 2.24) is 4.90 Å². The van der Waals surface area contributed by atoms with Gasteiger partial charge in [-0.1, -0.05) is 84.4 Å². The number of thioether (sulfide) groups is 1. The van der Waals surface area contributed by atoms with Crippen molar-refractivity contribution in [3.05, 3.63) is 95.0 Å². The van der Waals surface area contributed by atoms with Crippen LogP contribution in [0.4, 0.5) is 0 Å². The fraction of sp³-hybridized carbons (Fsp3) is 0.240. The Morgan fingerprint density at radius 1 is 0.897 bits per heavy atom. The smallest absolute Gasteiger partial charge is 0.227 e. The van der Waals surface area contributed by atoms with Gasteiger partial charge in [0.25, 0.3) is 0 Å². The minimum atomic E-state index is 0.206.